The van der Waals surface area contributed by atoms with Crippen molar-refractivity contribution in [3.8, 4) is 17.2 Å². The van der Waals surface area contributed by atoms with Gasteiger partial charge >= 0.3 is 0 Å². The molecule has 3 rings (SSSR count). The molecule has 150 valence electrons. The van der Waals surface area contributed by atoms with Crippen LogP contribution in [0.3, 0.4) is 0 Å². The van der Waals surface area contributed by atoms with Crippen molar-refractivity contribution in [1.82, 2.24) is 10.0 Å². The molecule has 0 atom stereocenters. The van der Waals surface area contributed by atoms with E-state index in [1.54, 1.807) is 18.2 Å². The lowest BCUT2D eigenvalue weighted by atomic mass is 10.2. The summed E-state index contributed by atoms with van der Waals surface area (Å²) in [5, 5.41) is 2.73. The lowest BCUT2D eigenvalue weighted by molar-refractivity contribution is 0.0940. The number of methoxy groups -OCH3 is 1. The second-order valence-corrected chi connectivity index (χ2v) is 8.27. The first-order valence-electron chi connectivity index (χ1n) is 8.67. The molecule has 1 aliphatic rings. The van der Waals surface area contributed by atoms with Gasteiger partial charge in [0.25, 0.3) is 5.91 Å². The van der Waals surface area contributed by atoms with Gasteiger partial charge in [-0.2, -0.15) is 0 Å². The summed E-state index contributed by atoms with van der Waals surface area (Å²) in [5.41, 5.74) is 0.876. The van der Waals surface area contributed by atoms with Crippen LogP contribution in [0, 0.1) is 0 Å². The van der Waals surface area contributed by atoms with Crippen molar-refractivity contribution in [3.05, 3.63) is 47.5 Å². The average Bonchev–Trinajstić information content (AvgIpc) is 3.13. The van der Waals surface area contributed by atoms with Crippen molar-refractivity contribution in [2.24, 2.45) is 0 Å². The number of amides is 1. The molecule has 0 unspecified atom stereocenters. The van der Waals surface area contributed by atoms with Crippen LogP contribution in [0.4, 0.5) is 0 Å². The van der Waals surface area contributed by atoms with Crippen molar-refractivity contribution in [1.29, 1.82) is 0 Å². The van der Waals surface area contributed by atoms with Crippen LogP contribution in [0.25, 0.3) is 0 Å². The first kappa shape index (κ1) is 20.0. The van der Waals surface area contributed by atoms with Gasteiger partial charge in [-0.3, -0.25) is 4.79 Å². The Balaban J connectivity index is 1.80. The molecule has 8 nitrogen and oxygen atoms in total. The molecule has 0 radical (unpaired) electrons. The minimum absolute atomic E-state index is 0.0250. The lowest BCUT2D eigenvalue weighted by Gasteiger charge is -2.14. The van der Waals surface area contributed by atoms with Gasteiger partial charge in [0, 0.05) is 12.6 Å². The van der Waals surface area contributed by atoms with E-state index in [4.69, 9.17) is 14.2 Å². The number of nitrogens with one attached hydrogen (secondary N) is 2. The van der Waals surface area contributed by atoms with Gasteiger partial charge in [0.05, 0.1) is 17.6 Å². The standard InChI is InChI=1S/C19H22N2O6S/c1-12(2)21-19(22)15-9-14(5-7-16(15)25-3)28(23,24)20-10-13-4-6-17-18(8-13)27-11-26-17/h4-9,12,20H,10-11H2,1-3H3,(H,21,22). The van der Waals surface area contributed by atoms with Gasteiger partial charge in [0.2, 0.25) is 16.8 Å². The Morgan fingerprint density at radius 3 is 2.61 bits per heavy atom. The molecule has 2 aromatic carbocycles. The maximum absolute atomic E-state index is 12.7. The number of sulfonamides is 1. The predicted molar refractivity (Wildman–Crippen MR) is 102 cm³/mol. The Kier molecular flexibility index (Phi) is 5.76. The SMILES string of the molecule is COc1ccc(S(=O)(=O)NCc2ccc3c(c2)OCO3)cc1C(=O)NC(C)C. The summed E-state index contributed by atoms with van der Waals surface area (Å²) in [5.74, 6) is 1.10. The Hall–Kier alpha value is -2.78. The molecule has 1 heterocycles. The third-order valence-electron chi connectivity index (χ3n) is 4.05. The van der Waals surface area contributed by atoms with Gasteiger partial charge in [-0.25, -0.2) is 13.1 Å². The molecule has 28 heavy (non-hydrogen) atoms. The molecule has 2 N–H and O–H groups in total. The maximum Gasteiger partial charge on any atom is 0.255 e. The molecule has 0 fully saturated rings. The van der Waals surface area contributed by atoms with E-state index in [-0.39, 0.29) is 29.8 Å². The highest BCUT2D eigenvalue weighted by Gasteiger charge is 2.21. The minimum Gasteiger partial charge on any atom is -0.496 e. The quantitative estimate of drug-likeness (QED) is 0.729. The van der Waals surface area contributed by atoms with E-state index in [2.05, 4.69) is 10.0 Å². The topological polar surface area (TPSA) is 103 Å². The molecular weight excluding hydrogens is 384 g/mol. The first-order valence-corrected chi connectivity index (χ1v) is 10.2. The molecular formula is C19H22N2O6S. The fraction of sp³-hybridized carbons (Fsp3) is 0.316. The van der Waals surface area contributed by atoms with Crippen LogP contribution in [0.15, 0.2) is 41.3 Å². The van der Waals surface area contributed by atoms with Crippen molar-refractivity contribution in [2.45, 2.75) is 31.3 Å². The van der Waals surface area contributed by atoms with Crippen LogP contribution in [0.5, 0.6) is 17.2 Å². The smallest absolute Gasteiger partial charge is 0.255 e. The summed E-state index contributed by atoms with van der Waals surface area (Å²) in [6.07, 6.45) is 0. The van der Waals surface area contributed by atoms with Crippen molar-refractivity contribution < 1.29 is 27.4 Å². The molecule has 1 aliphatic heterocycles. The zero-order valence-electron chi connectivity index (χ0n) is 15.8. The normalized spacial score (nSPS) is 12.9. The monoisotopic (exact) mass is 406 g/mol. The van der Waals surface area contributed by atoms with Gasteiger partial charge in [-0.1, -0.05) is 6.07 Å². The molecule has 0 bridgehead atoms. The average molecular weight is 406 g/mol. The lowest BCUT2D eigenvalue weighted by Crippen LogP contribution is -2.31. The van der Waals surface area contributed by atoms with E-state index in [0.717, 1.165) is 5.56 Å². The molecule has 0 saturated carbocycles. The fourth-order valence-electron chi connectivity index (χ4n) is 2.68. The number of benzene rings is 2. The Morgan fingerprint density at radius 1 is 1.14 bits per heavy atom. The highest BCUT2D eigenvalue weighted by molar-refractivity contribution is 7.89. The van der Waals surface area contributed by atoms with E-state index in [9.17, 15) is 13.2 Å². The van der Waals surface area contributed by atoms with Crippen LogP contribution in [-0.2, 0) is 16.6 Å². The van der Waals surface area contributed by atoms with Crippen molar-refractivity contribution in [3.63, 3.8) is 0 Å². The second-order valence-electron chi connectivity index (χ2n) is 6.50. The predicted octanol–water partition coefficient (Wildman–Crippen LogP) is 2.04. The number of hydrogen-bond donors (Lipinski definition) is 2. The van der Waals surface area contributed by atoms with Crippen LogP contribution >= 0.6 is 0 Å². The summed E-state index contributed by atoms with van der Waals surface area (Å²) in [4.78, 5) is 12.3. The number of rotatable bonds is 7. The van der Waals surface area contributed by atoms with Gasteiger partial charge < -0.3 is 19.5 Å². The Bertz CT molecular complexity index is 988. The highest BCUT2D eigenvalue weighted by Crippen LogP contribution is 2.32. The molecule has 0 spiro atoms. The number of carbonyl (C=O) groups is 1. The van der Waals surface area contributed by atoms with E-state index < -0.39 is 15.9 Å². The van der Waals surface area contributed by atoms with E-state index in [0.29, 0.717) is 17.2 Å². The third kappa shape index (κ3) is 4.37. The summed E-state index contributed by atoms with van der Waals surface area (Å²) >= 11 is 0. The number of ether oxygens (including phenoxy) is 3. The number of fused-ring (bicyclic) bond motifs is 1. The first-order chi connectivity index (χ1) is 13.3. The van der Waals surface area contributed by atoms with E-state index in [1.807, 2.05) is 13.8 Å². The maximum atomic E-state index is 12.7. The summed E-state index contributed by atoms with van der Waals surface area (Å²) < 4.78 is 43.6. The largest absolute Gasteiger partial charge is 0.496 e. The molecule has 0 saturated heterocycles. The third-order valence-corrected chi connectivity index (χ3v) is 5.45. The molecule has 0 aliphatic carbocycles. The summed E-state index contributed by atoms with van der Waals surface area (Å²) in [7, 11) is -2.42. The summed E-state index contributed by atoms with van der Waals surface area (Å²) in [6, 6.07) is 9.27. The van der Waals surface area contributed by atoms with Gasteiger partial charge in [0.1, 0.15) is 5.75 Å². The molecule has 0 aromatic heterocycles. The number of hydrogen-bond acceptors (Lipinski definition) is 6. The Labute approximate surface area is 163 Å². The highest BCUT2D eigenvalue weighted by atomic mass is 32.2. The van der Waals surface area contributed by atoms with E-state index in [1.165, 1.54) is 25.3 Å². The van der Waals surface area contributed by atoms with Gasteiger partial charge in [-0.05, 0) is 49.7 Å². The molecule has 2 aromatic rings. The zero-order chi connectivity index (χ0) is 20.3. The number of carbonyl (C=O) groups excluding carboxylic acids is 1. The summed E-state index contributed by atoms with van der Waals surface area (Å²) in [6.45, 7) is 3.85. The van der Waals surface area contributed by atoms with Gasteiger partial charge in [-0.15, -0.1) is 0 Å². The minimum atomic E-state index is -3.84. The second kappa shape index (κ2) is 8.07. The van der Waals surface area contributed by atoms with Crippen molar-refractivity contribution >= 4 is 15.9 Å². The van der Waals surface area contributed by atoms with Crippen LogP contribution in [-0.4, -0.2) is 34.3 Å². The van der Waals surface area contributed by atoms with Crippen LogP contribution in [0.1, 0.15) is 29.8 Å². The molecule has 1 amide bonds. The van der Waals surface area contributed by atoms with Crippen LogP contribution < -0.4 is 24.2 Å². The van der Waals surface area contributed by atoms with Crippen LogP contribution in [0.2, 0.25) is 0 Å². The molecule has 9 heteroatoms. The fourth-order valence-corrected chi connectivity index (χ4v) is 3.73. The van der Waals surface area contributed by atoms with Crippen molar-refractivity contribution in [2.75, 3.05) is 13.9 Å². The van der Waals surface area contributed by atoms with E-state index >= 15 is 0 Å². The Morgan fingerprint density at radius 2 is 1.89 bits per heavy atom. The zero-order valence-corrected chi connectivity index (χ0v) is 16.6. The van der Waals surface area contributed by atoms with Gasteiger partial charge in [0.15, 0.2) is 11.5 Å².